The van der Waals surface area contributed by atoms with Crippen LogP contribution in [0.15, 0.2) is 54.9 Å². The van der Waals surface area contributed by atoms with Crippen molar-refractivity contribution in [3.05, 3.63) is 66.1 Å². The number of carbonyl (C=O) groups excluding carboxylic acids is 1. The van der Waals surface area contributed by atoms with Crippen LogP contribution < -0.4 is 5.32 Å². The van der Waals surface area contributed by atoms with Crippen LogP contribution in [0.1, 0.15) is 36.8 Å². The zero-order valence-electron chi connectivity index (χ0n) is 16.4. The van der Waals surface area contributed by atoms with Crippen molar-refractivity contribution in [2.45, 2.75) is 33.7 Å². The molecule has 7 heteroatoms. The fourth-order valence-electron chi connectivity index (χ4n) is 3.08. The monoisotopic (exact) mass is 380 g/mol. The third-order valence-corrected chi connectivity index (χ3v) is 4.54. The highest BCUT2D eigenvalue weighted by atomic mass is 16.4. The van der Waals surface area contributed by atoms with Crippen molar-refractivity contribution in [2.75, 3.05) is 0 Å². The van der Waals surface area contributed by atoms with Crippen molar-refractivity contribution in [2.24, 2.45) is 5.41 Å². The zero-order chi connectivity index (χ0) is 20.5. The van der Waals surface area contributed by atoms with Gasteiger partial charge in [-0.25, -0.2) is 9.48 Å². The second-order valence-corrected chi connectivity index (χ2v) is 7.75. The van der Waals surface area contributed by atoms with E-state index in [0.29, 0.717) is 5.56 Å². The number of rotatable bonds is 5. The van der Waals surface area contributed by atoms with Crippen LogP contribution >= 0.6 is 0 Å². The van der Waals surface area contributed by atoms with Crippen LogP contribution in [0, 0.1) is 12.3 Å². The first-order valence-corrected chi connectivity index (χ1v) is 9.02. The Morgan fingerprint density at radius 3 is 2.21 bits per heavy atom. The topological polar surface area (TPSA) is 89.2 Å². The van der Waals surface area contributed by atoms with Gasteiger partial charge in [0, 0.05) is 18.0 Å². The average Bonchev–Trinajstić information content (AvgIpc) is 3.26. The molecule has 1 amide bonds. The summed E-state index contributed by atoms with van der Waals surface area (Å²) in [6.45, 7) is 7.12. The van der Waals surface area contributed by atoms with Crippen molar-refractivity contribution in [3.63, 3.8) is 0 Å². The second-order valence-electron chi connectivity index (χ2n) is 7.75. The number of amides is 1. The number of para-hydroxylation sites is 1. The van der Waals surface area contributed by atoms with Gasteiger partial charge in [-0.3, -0.25) is 4.79 Å². The van der Waals surface area contributed by atoms with Crippen LogP contribution in [0.5, 0.6) is 0 Å². The third-order valence-electron chi connectivity index (χ3n) is 4.54. The van der Waals surface area contributed by atoms with Crippen LogP contribution in [-0.4, -0.2) is 37.4 Å². The van der Waals surface area contributed by atoms with Crippen LogP contribution in [0.3, 0.4) is 0 Å². The largest absolute Gasteiger partial charge is 0.480 e. The first-order chi connectivity index (χ1) is 13.2. The van der Waals surface area contributed by atoms with Gasteiger partial charge in [-0.1, -0.05) is 39.0 Å². The Hall–Kier alpha value is -3.35. The smallest absolute Gasteiger partial charge is 0.326 e. The Morgan fingerprint density at radius 1 is 1.07 bits per heavy atom. The molecule has 2 heterocycles. The molecule has 28 heavy (non-hydrogen) atoms. The maximum atomic E-state index is 12.9. The van der Waals surface area contributed by atoms with Gasteiger partial charge in [-0.05, 0) is 36.6 Å². The van der Waals surface area contributed by atoms with Gasteiger partial charge in [-0.15, -0.1) is 0 Å². The molecule has 2 N–H and O–H groups in total. The Morgan fingerprint density at radius 2 is 1.68 bits per heavy atom. The molecule has 0 aliphatic carbocycles. The maximum absolute atomic E-state index is 12.9. The Kier molecular flexibility index (Phi) is 5.09. The van der Waals surface area contributed by atoms with Gasteiger partial charge in [0.2, 0.25) is 0 Å². The van der Waals surface area contributed by atoms with E-state index in [1.807, 2.05) is 66.3 Å². The lowest BCUT2D eigenvalue weighted by molar-refractivity contribution is -0.142. The Labute approximate surface area is 163 Å². The molecule has 0 aliphatic heterocycles. The summed E-state index contributed by atoms with van der Waals surface area (Å²) in [7, 11) is 0. The first-order valence-electron chi connectivity index (χ1n) is 9.02. The normalized spacial score (nSPS) is 12.6. The fraction of sp³-hybridized carbons (Fsp3) is 0.286. The number of nitrogens with one attached hydrogen (secondary N) is 1. The van der Waals surface area contributed by atoms with E-state index in [4.69, 9.17) is 0 Å². The van der Waals surface area contributed by atoms with Crippen LogP contribution in [0.2, 0.25) is 0 Å². The van der Waals surface area contributed by atoms with Gasteiger partial charge < -0.3 is 15.0 Å². The molecule has 0 unspecified atom stereocenters. The molecule has 0 fully saturated rings. The zero-order valence-corrected chi connectivity index (χ0v) is 16.4. The number of carboxylic acid groups (broad SMARTS) is 1. The number of carboxylic acids is 1. The molecule has 3 aromatic rings. The molecule has 2 aromatic heterocycles. The molecule has 0 radical (unpaired) electrons. The van der Waals surface area contributed by atoms with E-state index in [1.165, 1.54) is 0 Å². The molecular weight excluding hydrogens is 356 g/mol. The molecule has 1 aromatic carbocycles. The number of hydrogen-bond donors (Lipinski definition) is 2. The van der Waals surface area contributed by atoms with Crippen molar-refractivity contribution in [1.29, 1.82) is 0 Å². The molecule has 146 valence electrons. The molecule has 0 bridgehead atoms. The van der Waals surface area contributed by atoms with E-state index in [9.17, 15) is 14.7 Å². The number of aliphatic carboxylic acids is 1. The molecule has 7 nitrogen and oxygen atoms in total. The van der Waals surface area contributed by atoms with E-state index in [1.54, 1.807) is 25.5 Å². The van der Waals surface area contributed by atoms with Crippen molar-refractivity contribution >= 4 is 11.9 Å². The van der Waals surface area contributed by atoms with Gasteiger partial charge in [0.1, 0.15) is 11.9 Å². The van der Waals surface area contributed by atoms with E-state index >= 15 is 0 Å². The van der Waals surface area contributed by atoms with Gasteiger partial charge in [0.15, 0.2) is 5.69 Å². The molecule has 0 saturated carbocycles. The first kappa shape index (κ1) is 19.4. The van der Waals surface area contributed by atoms with E-state index in [0.717, 1.165) is 11.5 Å². The van der Waals surface area contributed by atoms with Gasteiger partial charge in [0.25, 0.3) is 5.91 Å². The standard InChI is InChI=1S/C21H24N4O3/c1-14-16(18(26)22-17(20(27)28)21(2,3)4)23-25(15-10-6-5-7-11-15)19(14)24-12-8-9-13-24/h5-13,17H,1-4H3,(H,22,26)(H,27,28)/t17-/m1/s1. The quantitative estimate of drug-likeness (QED) is 0.711. The Balaban J connectivity index is 2.08. The lowest BCUT2D eigenvalue weighted by Gasteiger charge is -2.27. The highest BCUT2D eigenvalue weighted by Gasteiger charge is 2.34. The summed E-state index contributed by atoms with van der Waals surface area (Å²) in [4.78, 5) is 24.6. The molecule has 0 saturated heterocycles. The molecule has 3 rings (SSSR count). The summed E-state index contributed by atoms with van der Waals surface area (Å²) in [5.74, 6) is -0.862. The number of hydrogen-bond acceptors (Lipinski definition) is 3. The summed E-state index contributed by atoms with van der Waals surface area (Å²) in [5.41, 5.74) is 1.03. The summed E-state index contributed by atoms with van der Waals surface area (Å²) in [6.07, 6.45) is 3.75. The third kappa shape index (κ3) is 3.69. The number of benzene rings is 1. The van der Waals surface area contributed by atoms with Crippen LogP contribution in [-0.2, 0) is 4.79 Å². The van der Waals surface area contributed by atoms with E-state index in [2.05, 4.69) is 10.4 Å². The summed E-state index contributed by atoms with van der Waals surface area (Å²) in [6, 6.07) is 12.2. The van der Waals surface area contributed by atoms with Crippen LogP contribution in [0.4, 0.5) is 0 Å². The SMILES string of the molecule is Cc1c(C(=O)N[C@H](C(=O)O)C(C)(C)C)nn(-c2ccccc2)c1-n1cccc1. The fourth-order valence-corrected chi connectivity index (χ4v) is 3.08. The minimum Gasteiger partial charge on any atom is -0.480 e. The molecule has 1 atom stereocenters. The van der Waals surface area contributed by atoms with Gasteiger partial charge >= 0.3 is 5.97 Å². The molecule has 0 aliphatic rings. The second kappa shape index (κ2) is 7.34. The Bertz CT molecular complexity index is 983. The van der Waals surface area contributed by atoms with E-state index in [-0.39, 0.29) is 5.69 Å². The van der Waals surface area contributed by atoms with Gasteiger partial charge in [0.05, 0.1) is 5.69 Å². The van der Waals surface area contributed by atoms with Crippen LogP contribution in [0.25, 0.3) is 11.5 Å². The van der Waals surface area contributed by atoms with E-state index < -0.39 is 23.3 Å². The van der Waals surface area contributed by atoms with Crippen molar-refractivity contribution in [3.8, 4) is 11.5 Å². The lowest BCUT2D eigenvalue weighted by Crippen LogP contribution is -2.49. The number of carbonyl (C=O) groups is 2. The predicted molar refractivity (Wildman–Crippen MR) is 106 cm³/mol. The molecular formula is C21H24N4O3. The highest BCUT2D eigenvalue weighted by Crippen LogP contribution is 2.24. The van der Waals surface area contributed by atoms with Crippen molar-refractivity contribution < 1.29 is 14.7 Å². The summed E-state index contributed by atoms with van der Waals surface area (Å²) < 4.78 is 3.57. The minimum absolute atomic E-state index is 0.197. The average molecular weight is 380 g/mol. The minimum atomic E-state index is -1.08. The van der Waals surface area contributed by atoms with Crippen molar-refractivity contribution in [1.82, 2.24) is 19.7 Å². The molecule has 0 spiro atoms. The lowest BCUT2D eigenvalue weighted by atomic mass is 9.86. The highest BCUT2D eigenvalue weighted by molar-refractivity contribution is 5.97. The summed E-state index contributed by atoms with van der Waals surface area (Å²) in [5, 5.41) is 16.7. The predicted octanol–water partition coefficient (Wildman–Crippen LogP) is 3.20. The summed E-state index contributed by atoms with van der Waals surface area (Å²) >= 11 is 0. The maximum Gasteiger partial charge on any atom is 0.326 e. The number of aromatic nitrogens is 3. The number of nitrogens with zero attached hydrogens (tertiary/aromatic N) is 3. The van der Waals surface area contributed by atoms with Gasteiger partial charge in [-0.2, -0.15) is 5.10 Å².